The standard InChI is InChI=1S/C53H54N2O/c1-50(2,3)30-17-21-34(22-18-30)54-41-24-20-32(52(7,8)9)26-38(41)49-47-42(54)29-44-45(35-15-13-14-16-43(35)56-44)46(47)39-28-33(53(10,11)12)27-37-36-25-31(51(4,5)6)19-23-40(36)55(49)48(37)39/h13-29,49H,1-12H3. The van der Waals surface area contributed by atoms with Crippen LogP contribution in [0.15, 0.2) is 108 Å². The average Bonchev–Trinajstić information content (AvgIpc) is 3.66. The normalized spacial score (nSPS) is 15.6. The number of furan rings is 1. The minimum Gasteiger partial charge on any atom is -0.456 e. The second-order valence-corrected chi connectivity index (χ2v) is 20.7. The Morgan fingerprint density at radius 2 is 1.11 bits per heavy atom. The van der Waals surface area contributed by atoms with Gasteiger partial charge in [0.25, 0.3) is 0 Å². The minimum atomic E-state index is -0.0565. The summed E-state index contributed by atoms with van der Waals surface area (Å²) in [5, 5.41) is 5.04. The molecule has 0 amide bonds. The van der Waals surface area contributed by atoms with Gasteiger partial charge in [0.2, 0.25) is 0 Å². The molecule has 2 aliphatic heterocycles. The van der Waals surface area contributed by atoms with Gasteiger partial charge in [0.1, 0.15) is 11.2 Å². The van der Waals surface area contributed by atoms with Crippen LogP contribution in [-0.2, 0) is 21.7 Å². The number of para-hydroxylation sites is 1. The third-order valence-electron chi connectivity index (χ3n) is 12.8. The molecule has 0 bridgehead atoms. The summed E-state index contributed by atoms with van der Waals surface area (Å²) < 4.78 is 9.59. The largest absolute Gasteiger partial charge is 0.456 e. The van der Waals surface area contributed by atoms with Crippen LogP contribution in [0.4, 0.5) is 17.1 Å². The van der Waals surface area contributed by atoms with Crippen molar-refractivity contribution in [1.82, 2.24) is 4.57 Å². The highest BCUT2D eigenvalue weighted by Crippen LogP contribution is 2.61. The molecule has 56 heavy (non-hydrogen) atoms. The predicted molar refractivity (Wildman–Crippen MR) is 239 cm³/mol. The van der Waals surface area contributed by atoms with E-state index in [0.29, 0.717) is 0 Å². The van der Waals surface area contributed by atoms with Crippen LogP contribution in [0.2, 0.25) is 0 Å². The van der Waals surface area contributed by atoms with Gasteiger partial charge in [-0.05, 0) is 92.4 Å². The van der Waals surface area contributed by atoms with E-state index in [1.165, 1.54) is 88.5 Å². The second kappa shape index (κ2) is 11.2. The lowest BCUT2D eigenvalue weighted by atomic mass is 9.76. The maximum absolute atomic E-state index is 6.88. The fraction of sp³-hybridized carbons (Fsp3) is 0.321. The quantitative estimate of drug-likeness (QED) is 0.167. The molecule has 0 aliphatic carbocycles. The van der Waals surface area contributed by atoms with Gasteiger partial charge in [-0.2, -0.15) is 0 Å². The van der Waals surface area contributed by atoms with E-state index in [1.54, 1.807) is 0 Å². The van der Waals surface area contributed by atoms with Gasteiger partial charge in [-0.1, -0.05) is 132 Å². The van der Waals surface area contributed by atoms with Crippen LogP contribution in [0.5, 0.6) is 0 Å². The number of nitrogens with zero attached hydrogens (tertiary/aromatic N) is 2. The lowest BCUT2D eigenvalue weighted by Crippen LogP contribution is -2.29. The highest BCUT2D eigenvalue weighted by atomic mass is 16.3. The van der Waals surface area contributed by atoms with Crippen LogP contribution in [0, 0.1) is 0 Å². The fourth-order valence-electron chi connectivity index (χ4n) is 9.56. The number of fused-ring (bicyclic) bond motifs is 11. The Morgan fingerprint density at radius 1 is 0.500 bits per heavy atom. The Morgan fingerprint density at radius 3 is 1.79 bits per heavy atom. The number of aromatic nitrogens is 1. The van der Waals surface area contributed by atoms with Gasteiger partial charge in [-0.25, -0.2) is 0 Å². The average molecular weight is 735 g/mol. The van der Waals surface area contributed by atoms with Gasteiger partial charge >= 0.3 is 0 Å². The maximum Gasteiger partial charge on any atom is 0.138 e. The molecular formula is C53H54N2O. The van der Waals surface area contributed by atoms with E-state index in [2.05, 4.69) is 196 Å². The Bertz CT molecular complexity index is 2940. The van der Waals surface area contributed by atoms with Crippen LogP contribution >= 0.6 is 0 Å². The number of benzene rings is 6. The molecule has 4 heterocycles. The number of anilines is 3. The molecule has 282 valence electrons. The van der Waals surface area contributed by atoms with Crippen molar-refractivity contribution in [3.63, 3.8) is 0 Å². The van der Waals surface area contributed by atoms with E-state index in [9.17, 15) is 0 Å². The SMILES string of the molecule is CC(C)(C)c1ccc(N2c3ccc(C(C)(C)C)cc3C3c4c2cc2oc5ccccc5c2c4-c2cc(C(C)(C)C)cc4c5cc(C(C)(C)C)ccc5n3c24)cc1. The molecule has 1 atom stereocenters. The van der Waals surface area contributed by atoms with Crippen LogP contribution in [0.1, 0.15) is 123 Å². The number of hydrogen-bond acceptors (Lipinski definition) is 2. The summed E-state index contributed by atoms with van der Waals surface area (Å²) in [5.74, 6) is 0. The topological polar surface area (TPSA) is 21.3 Å². The Labute approximate surface area is 331 Å². The molecule has 0 radical (unpaired) electrons. The highest BCUT2D eigenvalue weighted by molar-refractivity contribution is 6.22. The van der Waals surface area contributed by atoms with Crippen molar-refractivity contribution in [2.75, 3.05) is 4.90 Å². The zero-order valence-electron chi connectivity index (χ0n) is 35.2. The Balaban J connectivity index is 1.43. The fourth-order valence-corrected chi connectivity index (χ4v) is 9.56. The summed E-state index contributed by atoms with van der Waals surface area (Å²) in [7, 11) is 0. The van der Waals surface area contributed by atoms with Crippen molar-refractivity contribution in [1.29, 1.82) is 0 Å². The first-order valence-corrected chi connectivity index (χ1v) is 20.5. The zero-order valence-corrected chi connectivity index (χ0v) is 35.2. The molecule has 10 rings (SSSR count). The first-order chi connectivity index (χ1) is 26.3. The molecule has 3 heteroatoms. The summed E-state index contributed by atoms with van der Waals surface area (Å²) >= 11 is 0. The van der Waals surface area contributed by atoms with E-state index >= 15 is 0 Å². The van der Waals surface area contributed by atoms with Gasteiger partial charge in [0, 0.05) is 55.6 Å². The van der Waals surface area contributed by atoms with Crippen molar-refractivity contribution in [2.45, 2.75) is 111 Å². The number of hydrogen-bond donors (Lipinski definition) is 0. The number of rotatable bonds is 1. The van der Waals surface area contributed by atoms with Gasteiger partial charge < -0.3 is 13.9 Å². The van der Waals surface area contributed by atoms with Gasteiger partial charge in [-0.3, -0.25) is 0 Å². The molecule has 6 aromatic carbocycles. The highest BCUT2D eigenvalue weighted by Gasteiger charge is 2.42. The lowest BCUT2D eigenvalue weighted by Gasteiger charge is -2.43. The molecule has 2 aromatic heterocycles. The molecule has 3 nitrogen and oxygen atoms in total. The zero-order chi connectivity index (χ0) is 39.4. The summed E-state index contributed by atoms with van der Waals surface area (Å²) in [5.41, 5.74) is 18.7. The van der Waals surface area contributed by atoms with Crippen LogP contribution in [0.25, 0.3) is 54.9 Å². The van der Waals surface area contributed by atoms with Crippen LogP contribution in [0.3, 0.4) is 0 Å². The Kier molecular flexibility index (Phi) is 7.02. The van der Waals surface area contributed by atoms with Gasteiger partial charge in [-0.15, -0.1) is 0 Å². The van der Waals surface area contributed by atoms with E-state index < -0.39 is 0 Å². The first-order valence-electron chi connectivity index (χ1n) is 20.5. The Hall–Kier alpha value is -5.28. The molecule has 0 saturated carbocycles. The summed E-state index contributed by atoms with van der Waals surface area (Å²) in [4.78, 5) is 2.52. The molecule has 0 spiro atoms. The van der Waals surface area contributed by atoms with Crippen molar-refractivity contribution in [3.05, 3.63) is 137 Å². The molecule has 2 aliphatic rings. The van der Waals surface area contributed by atoms with Crippen molar-refractivity contribution in [2.24, 2.45) is 0 Å². The monoisotopic (exact) mass is 734 g/mol. The van der Waals surface area contributed by atoms with Gasteiger partial charge in [0.15, 0.2) is 0 Å². The van der Waals surface area contributed by atoms with Crippen LogP contribution < -0.4 is 4.90 Å². The molecule has 0 fully saturated rings. The summed E-state index contributed by atoms with van der Waals surface area (Å²) in [6.07, 6.45) is 0. The van der Waals surface area contributed by atoms with E-state index in [1.807, 2.05) is 0 Å². The second-order valence-electron chi connectivity index (χ2n) is 20.7. The smallest absolute Gasteiger partial charge is 0.138 e. The van der Waals surface area contributed by atoms with Crippen molar-refractivity contribution >= 4 is 60.8 Å². The third kappa shape index (κ3) is 4.95. The van der Waals surface area contributed by atoms with Crippen LogP contribution in [-0.4, -0.2) is 4.57 Å². The van der Waals surface area contributed by atoms with Crippen molar-refractivity contribution < 1.29 is 4.42 Å². The molecule has 1 unspecified atom stereocenters. The molecule has 8 aromatic rings. The molecular weight excluding hydrogens is 681 g/mol. The molecule has 0 saturated heterocycles. The predicted octanol–water partition coefficient (Wildman–Crippen LogP) is 15.3. The maximum atomic E-state index is 6.88. The van der Waals surface area contributed by atoms with E-state index in [-0.39, 0.29) is 27.7 Å². The van der Waals surface area contributed by atoms with Crippen molar-refractivity contribution in [3.8, 4) is 11.1 Å². The third-order valence-corrected chi connectivity index (χ3v) is 12.8. The molecule has 0 N–H and O–H groups in total. The van der Waals surface area contributed by atoms with Gasteiger partial charge in [0.05, 0.1) is 28.5 Å². The first kappa shape index (κ1) is 35.2. The minimum absolute atomic E-state index is 0.0212. The summed E-state index contributed by atoms with van der Waals surface area (Å²) in [6, 6.07) is 39.8. The lowest BCUT2D eigenvalue weighted by molar-refractivity contribution is 0.587. The summed E-state index contributed by atoms with van der Waals surface area (Å²) in [6.45, 7) is 27.9. The van der Waals surface area contributed by atoms with E-state index in [0.717, 1.165) is 16.9 Å². The van der Waals surface area contributed by atoms with E-state index in [4.69, 9.17) is 4.42 Å².